The standard InChI is InChI=1S/C17H17N7O5/c1-10(11-4-6-12(7-5-11)24(28)29)19-20-13(25)8-23-9-18-15-14(23)16(26)22(3)17(27)21(15)2/h4-7,9H,8H2,1-3H3,(H,20,25)/b19-10-. The number of hydrazone groups is 1. The van der Waals surface area contributed by atoms with Crippen molar-refractivity contribution >= 4 is 28.5 Å². The van der Waals surface area contributed by atoms with Crippen molar-refractivity contribution < 1.29 is 9.72 Å². The maximum Gasteiger partial charge on any atom is 0.332 e. The molecular weight excluding hydrogens is 382 g/mol. The van der Waals surface area contributed by atoms with Gasteiger partial charge in [-0.05, 0) is 24.6 Å². The second-order valence-corrected chi connectivity index (χ2v) is 6.29. The first-order valence-corrected chi connectivity index (χ1v) is 8.39. The minimum Gasteiger partial charge on any atom is -0.315 e. The molecule has 2 aromatic heterocycles. The van der Waals surface area contributed by atoms with Gasteiger partial charge in [0.25, 0.3) is 17.2 Å². The molecule has 0 unspecified atom stereocenters. The van der Waals surface area contributed by atoms with Gasteiger partial charge in [0.05, 0.1) is 17.0 Å². The molecule has 3 rings (SSSR count). The van der Waals surface area contributed by atoms with Crippen molar-refractivity contribution in [2.24, 2.45) is 19.2 Å². The molecule has 0 saturated carbocycles. The Morgan fingerprint density at radius 3 is 2.48 bits per heavy atom. The summed E-state index contributed by atoms with van der Waals surface area (Å²) in [6, 6.07) is 5.73. The number of amides is 1. The zero-order valence-corrected chi connectivity index (χ0v) is 15.8. The van der Waals surface area contributed by atoms with Crippen LogP contribution in [0.5, 0.6) is 0 Å². The molecular formula is C17H17N7O5. The van der Waals surface area contributed by atoms with Crippen LogP contribution in [-0.4, -0.2) is 35.2 Å². The number of fused-ring (bicyclic) bond motifs is 1. The molecule has 0 aliphatic rings. The third-order valence-corrected chi connectivity index (χ3v) is 4.38. The van der Waals surface area contributed by atoms with E-state index in [2.05, 4.69) is 15.5 Å². The maximum atomic E-state index is 12.4. The lowest BCUT2D eigenvalue weighted by molar-refractivity contribution is -0.384. The van der Waals surface area contributed by atoms with Gasteiger partial charge in [-0.1, -0.05) is 0 Å². The van der Waals surface area contributed by atoms with Crippen LogP contribution in [0.25, 0.3) is 11.2 Å². The highest BCUT2D eigenvalue weighted by atomic mass is 16.6. The van der Waals surface area contributed by atoms with Gasteiger partial charge in [0.2, 0.25) is 0 Å². The number of non-ortho nitro benzene ring substituents is 1. The van der Waals surface area contributed by atoms with E-state index in [0.717, 1.165) is 4.57 Å². The van der Waals surface area contributed by atoms with E-state index in [4.69, 9.17) is 0 Å². The number of rotatable bonds is 5. The number of aromatic nitrogens is 4. The molecule has 29 heavy (non-hydrogen) atoms. The van der Waals surface area contributed by atoms with E-state index < -0.39 is 22.1 Å². The number of benzene rings is 1. The van der Waals surface area contributed by atoms with Crippen molar-refractivity contribution in [1.82, 2.24) is 24.1 Å². The zero-order chi connectivity index (χ0) is 21.3. The number of nitro benzene ring substituents is 1. The van der Waals surface area contributed by atoms with Crippen molar-refractivity contribution in [3.63, 3.8) is 0 Å². The molecule has 0 spiro atoms. The molecule has 150 valence electrons. The van der Waals surface area contributed by atoms with E-state index in [0.29, 0.717) is 11.3 Å². The molecule has 2 heterocycles. The Kier molecular flexibility index (Phi) is 5.08. The van der Waals surface area contributed by atoms with Crippen LogP contribution in [0, 0.1) is 10.1 Å². The topological polar surface area (TPSA) is 146 Å². The third kappa shape index (κ3) is 3.67. The molecule has 1 N–H and O–H groups in total. The van der Waals surface area contributed by atoms with Gasteiger partial charge in [0.1, 0.15) is 6.54 Å². The molecule has 0 radical (unpaired) electrons. The van der Waals surface area contributed by atoms with Crippen molar-refractivity contribution in [1.29, 1.82) is 0 Å². The second kappa shape index (κ2) is 7.50. The number of nitrogens with one attached hydrogen (secondary N) is 1. The molecule has 12 nitrogen and oxygen atoms in total. The Balaban J connectivity index is 1.79. The average molecular weight is 399 g/mol. The lowest BCUT2D eigenvalue weighted by atomic mass is 10.1. The van der Waals surface area contributed by atoms with Gasteiger partial charge in [-0.15, -0.1) is 0 Å². The summed E-state index contributed by atoms with van der Waals surface area (Å²) in [5.74, 6) is -0.513. The summed E-state index contributed by atoms with van der Waals surface area (Å²) in [5.41, 5.74) is 2.61. The number of nitro groups is 1. The predicted molar refractivity (Wildman–Crippen MR) is 104 cm³/mol. The van der Waals surface area contributed by atoms with Gasteiger partial charge in [0.15, 0.2) is 11.2 Å². The molecule has 0 aliphatic heterocycles. The third-order valence-electron chi connectivity index (χ3n) is 4.38. The molecule has 0 aliphatic carbocycles. The molecule has 0 saturated heterocycles. The Labute approximate surface area is 162 Å². The van der Waals surface area contributed by atoms with Crippen LogP contribution in [0.1, 0.15) is 12.5 Å². The van der Waals surface area contributed by atoms with Crippen molar-refractivity contribution in [2.45, 2.75) is 13.5 Å². The van der Waals surface area contributed by atoms with Gasteiger partial charge in [0, 0.05) is 26.2 Å². The maximum absolute atomic E-state index is 12.4. The van der Waals surface area contributed by atoms with Gasteiger partial charge in [-0.2, -0.15) is 5.10 Å². The molecule has 12 heteroatoms. The minimum atomic E-state index is -0.557. The Morgan fingerprint density at radius 1 is 1.21 bits per heavy atom. The first-order chi connectivity index (χ1) is 13.7. The SMILES string of the molecule is C/C(=N/NC(=O)Cn1cnc2c1c(=O)n(C)c(=O)n2C)c1ccc([N+](=O)[O-])cc1. The van der Waals surface area contributed by atoms with Crippen molar-refractivity contribution in [3.8, 4) is 0 Å². The van der Waals surface area contributed by atoms with E-state index in [1.165, 1.54) is 53.8 Å². The quantitative estimate of drug-likeness (QED) is 0.359. The highest BCUT2D eigenvalue weighted by Gasteiger charge is 2.16. The average Bonchev–Trinajstić information content (AvgIpc) is 3.12. The van der Waals surface area contributed by atoms with E-state index >= 15 is 0 Å². The summed E-state index contributed by atoms with van der Waals surface area (Å²) >= 11 is 0. The highest BCUT2D eigenvalue weighted by Crippen LogP contribution is 2.12. The van der Waals surface area contributed by atoms with Crippen LogP contribution >= 0.6 is 0 Å². The van der Waals surface area contributed by atoms with Gasteiger partial charge < -0.3 is 4.57 Å². The van der Waals surface area contributed by atoms with Gasteiger partial charge >= 0.3 is 5.69 Å². The summed E-state index contributed by atoms with van der Waals surface area (Å²) in [4.78, 5) is 50.8. The van der Waals surface area contributed by atoms with Gasteiger partial charge in [-0.3, -0.25) is 28.8 Å². The van der Waals surface area contributed by atoms with Crippen LogP contribution in [0.4, 0.5) is 5.69 Å². The summed E-state index contributed by atoms with van der Waals surface area (Å²) < 4.78 is 3.50. The molecule has 0 bridgehead atoms. The van der Waals surface area contributed by atoms with Crippen LogP contribution in [0.3, 0.4) is 0 Å². The monoisotopic (exact) mass is 399 g/mol. The Bertz CT molecular complexity index is 1260. The Hall–Kier alpha value is -4.09. The molecule has 0 fully saturated rings. The van der Waals surface area contributed by atoms with Crippen LogP contribution in [-0.2, 0) is 25.4 Å². The van der Waals surface area contributed by atoms with E-state index in [-0.39, 0.29) is 23.4 Å². The van der Waals surface area contributed by atoms with E-state index in [9.17, 15) is 24.5 Å². The highest BCUT2D eigenvalue weighted by molar-refractivity contribution is 5.99. The van der Waals surface area contributed by atoms with Gasteiger partial charge in [-0.25, -0.2) is 15.2 Å². The second-order valence-electron chi connectivity index (χ2n) is 6.29. The number of hydrogen-bond donors (Lipinski definition) is 1. The zero-order valence-electron chi connectivity index (χ0n) is 15.8. The van der Waals surface area contributed by atoms with E-state index in [1.54, 1.807) is 6.92 Å². The predicted octanol–water partition coefficient (Wildman–Crippen LogP) is -0.118. The number of nitrogens with zero attached hydrogens (tertiary/aromatic N) is 6. The number of aryl methyl sites for hydroxylation is 1. The fourth-order valence-electron chi connectivity index (χ4n) is 2.74. The minimum absolute atomic E-state index is 0.0476. The van der Waals surface area contributed by atoms with E-state index in [1.807, 2.05) is 0 Å². The van der Waals surface area contributed by atoms with Crippen LogP contribution < -0.4 is 16.7 Å². The lowest BCUT2D eigenvalue weighted by Crippen LogP contribution is -2.38. The molecule has 1 aromatic carbocycles. The number of imidazole rings is 1. The molecule has 1 amide bonds. The molecule has 3 aromatic rings. The lowest BCUT2D eigenvalue weighted by Gasteiger charge is -2.06. The summed E-state index contributed by atoms with van der Waals surface area (Å²) in [6.45, 7) is 1.40. The number of carbonyl (C=O) groups is 1. The molecule has 0 atom stereocenters. The van der Waals surface area contributed by atoms with Crippen molar-refractivity contribution in [2.75, 3.05) is 0 Å². The smallest absolute Gasteiger partial charge is 0.315 e. The first-order valence-electron chi connectivity index (χ1n) is 8.39. The van der Waals surface area contributed by atoms with Crippen LogP contribution in [0.15, 0.2) is 45.3 Å². The van der Waals surface area contributed by atoms with Crippen LogP contribution in [0.2, 0.25) is 0 Å². The fourth-order valence-corrected chi connectivity index (χ4v) is 2.74. The summed E-state index contributed by atoms with van der Waals surface area (Å²) in [5, 5.41) is 14.7. The number of hydrogen-bond acceptors (Lipinski definition) is 7. The number of carbonyl (C=O) groups excluding carboxylic acids is 1. The fraction of sp³-hybridized carbons (Fsp3) is 0.235. The first kappa shape index (κ1) is 19.7. The Morgan fingerprint density at radius 2 is 1.86 bits per heavy atom. The summed E-state index contributed by atoms with van der Waals surface area (Å²) in [7, 11) is 2.83. The summed E-state index contributed by atoms with van der Waals surface area (Å²) in [6.07, 6.45) is 1.30. The largest absolute Gasteiger partial charge is 0.332 e. The van der Waals surface area contributed by atoms with Crippen molar-refractivity contribution in [3.05, 3.63) is 67.1 Å². The normalized spacial score (nSPS) is 11.6.